The normalized spacial score (nSPS) is 15.1. The molecule has 0 spiro atoms. The topological polar surface area (TPSA) is 103 Å². The molecule has 0 atom stereocenters. The van der Waals surface area contributed by atoms with Crippen LogP contribution in [0.5, 0.6) is 5.88 Å². The Labute approximate surface area is 153 Å². The van der Waals surface area contributed by atoms with Crippen LogP contribution in [0.2, 0.25) is 0 Å². The molecular weight excluding hydrogens is 354 g/mol. The first-order valence-corrected chi connectivity index (χ1v) is 9.31. The second-order valence-corrected chi connectivity index (χ2v) is 7.15. The summed E-state index contributed by atoms with van der Waals surface area (Å²) in [6.45, 7) is 0. The molecule has 0 amide bonds. The monoisotopic (exact) mass is 371 g/mol. The number of anilines is 2. The largest absolute Gasteiger partial charge is 0.469 e. The Balaban J connectivity index is 1.64. The van der Waals surface area contributed by atoms with Crippen LogP contribution in [-0.2, 0) is 0 Å². The highest BCUT2D eigenvalue weighted by molar-refractivity contribution is 7.22. The van der Waals surface area contributed by atoms with Crippen LogP contribution in [0.15, 0.2) is 30.6 Å². The predicted molar refractivity (Wildman–Crippen MR) is 99.1 cm³/mol. The molecular formula is C17H17N5O3S. The number of ether oxygens (including phenoxy) is 1. The fraction of sp³-hybridized carbons (Fsp3) is 0.353. The molecule has 0 unspecified atom stereocenters. The van der Waals surface area contributed by atoms with Crippen LogP contribution < -0.4 is 10.1 Å². The zero-order chi connectivity index (χ0) is 17.9. The van der Waals surface area contributed by atoms with Crippen molar-refractivity contribution in [1.29, 1.82) is 0 Å². The highest BCUT2D eigenvalue weighted by Crippen LogP contribution is 2.36. The summed E-state index contributed by atoms with van der Waals surface area (Å²) >= 11 is 1.41. The average molecular weight is 371 g/mol. The Hall–Kier alpha value is -2.81. The van der Waals surface area contributed by atoms with Gasteiger partial charge < -0.3 is 10.1 Å². The van der Waals surface area contributed by atoms with Crippen LogP contribution in [0.25, 0.3) is 10.2 Å². The van der Waals surface area contributed by atoms with Crippen LogP contribution in [0.1, 0.15) is 32.1 Å². The lowest BCUT2D eigenvalue weighted by atomic mass is 9.98. The Morgan fingerprint density at radius 2 is 2.00 bits per heavy atom. The number of nitrogens with one attached hydrogen (secondary N) is 1. The molecule has 0 aliphatic heterocycles. The van der Waals surface area contributed by atoms with Crippen LogP contribution in [0.4, 0.5) is 16.6 Å². The van der Waals surface area contributed by atoms with Crippen molar-refractivity contribution in [3.8, 4) is 5.88 Å². The summed E-state index contributed by atoms with van der Waals surface area (Å²) in [4.78, 5) is 23.6. The second-order valence-electron chi connectivity index (χ2n) is 6.12. The number of aromatic nitrogens is 3. The van der Waals surface area contributed by atoms with Gasteiger partial charge in [0.1, 0.15) is 12.4 Å². The maximum Gasteiger partial charge on any atom is 0.373 e. The number of nitrogens with zero attached hydrogens (tertiary/aromatic N) is 4. The minimum atomic E-state index is -0.506. The van der Waals surface area contributed by atoms with E-state index in [0.29, 0.717) is 5.13 Å². The van der Waals surface area contributed by atoms with Crippen molar-refractivity contribution in [3.05, 3.63) is 40.7 Å². The van der Waals surface area contributed by atoms with E-state index in [1.54, 1.807) is 0 Å². The van der Waals surface area contributed by atoms with Crippen molar-refractivity contribution in [1.82, 2.24) is 15.0 Å². The molecule has 3 aromatic rings. The van der Waals surface area contributed by atoms with Crippen LogP contribution in [0.3, 0.4) is 0 Å². The number of para-hydroxylation sites is 1. The second kappa shape index (κ2) is 7.20. The summed E-state index contributed by atoms with van der Waals surface area (Å²) in [6.07, 6.45) is 6.34. The van der Waals surface area contributed by atoms with Gasteiger partial charge >= 0.3 is 5.69 Å². The highest BCUT2D eigenvalue weighted by Gasteiger charge is 2.28. The van der Waals surface area contributed by atoms with Crippen LogP contribution in [0, 0.1) is 10.1 Å². The fourth-order valence-electron chi connectivity index (χ4n) is 3.07. The number of hydrogen-bond acceptors (Lipinski definition) is 8. The molecule has 1 aliphatic carbocycles. The summed E-state index contributed by atoms with van der Waals surface area (Å²) in [5.74, 6) is 0.107. The smallest absolute Gasteiger partial charge is 0.373 e. The highest BCUT2D eigenvalue weighted by atomic mass is 32.1. The lowest BCUT2D eigenvalue weighted by molar-refractivity contribution is -0.385. The lowest BCUT2D eigenvalue weighted by Crippen LogP contribution is -2.21. The van der Waals surface area contributed by atoms with E-state index in [9.17, 15) is 10.1 Å². The summed E-state index contributed by atoms with van der Waals surface area (Å²) in [5.41, 5.74) is 0.577. The molecule has 1 fully saturated rings. The number of benzene rings is 1. The minimum Gasteiger partial charge on any atom is -0.469 e. The predicted octanol–water partition coefficient (Wildman–Crippen LogP) is 4.45. The first-order valence-electron chi connectivity index (χ1n) is 8.49. The number of fused-ring (bicyclic) bond motifs is 1. The number of thiazole rings is 1. The third kappa shape index (κ3) is 3.43. The van der Waals surface area contributed by atoms with E-state index in [-0.39, 0.29) is 23.5 Å². The summed E-state index contributed by atoms with van der Waals surface area (Å²) in [7, 11) is 0. The van der Waals surface area contributed by atoms with Crippen LogP contribution in [-0.4, -0.2) is 26.0 Å². The molecule has 0 radical (unpaired) electrons. The Bertz CT molecular complexity index is 906. The van der Waals surface area contributed by atoms with Crippen molar-refractivity contribution < 1.29 is 9.66 Å². The molecule has 1 saturated carbocycles. The van der Waals surface area contributed by atoms with Crippen molar-refractivity contribution in [3.63, 3.8) is 0 Å². The molecule has 2 aromatic heterocycles. The van der Waals surface area contributed by atoms with E-state index >= 15 is 0 Å². The summed E-state index contributed by atoms with van der Waals surface area (Å²) in [6, 6.07) is 7.66. The van der Waals surface area contributed by atoms with E-state index in [2.05, 4.69) is 20.3 Å². The fourth-order valence-corrected chi connectivity index (χ4v) is 3.94. The molecule has 1 aromatic carbocycles. The molecule has 1 aliphatic rings. The third-order valence-corrected chi connectivity index (χ3v) is 5.27. The van der Waals surface area contributed by atoms with Gasteiger partial charge in [-0.2, -0.15) is 4.98 Å². The third-order valence-electron chi connectivity index (χ3n) is 4.32. The van der Waals surface area contributed by atoms with Crippen molar-refractivity contribution in [2.75, 3.05) is 5.32 Å². The quantitative estimate of drug-likeness (QED) is 0.522. The van der Waals surface area contributed by atoms with Crippen molar-refractivity contribution >= 4 is 38.2 Å². The SMILES string of the molecule is O=[N+]([O-])c1c(Nc2nc3ccccc3s2)ncnc1OC1CCCCC1. The van der Waals surface area contributed by atoms with E-state index in [0.717, 1.165) is 35.9 Å². The van der Waals surface area contributed by atoms with Crippen molar-refractivity contribution in [2.45, 2.75) is 38.2 Å². The van der Waals surface area contributed by atoms with Gasteiger partial charge in [0.15, 0.2) is 5.13 Å². The molecule has 1 N–H and O–H groups in total. The molecule has 0 bridgehead atoms. The molecule has 8 nitrogen and oxygen atoms in total. The van der Waals surface area contributed by atoms with Gasteiger partial charge in [-0.3, -0.25) is 10.1 Å². The van der Waals surface area contributed by atoms with E-state index < -0.39 is 4.92 Å². The summed E-state index contributed by atoms with van der Waals surface area (Å²) in [5, 5.41) is 15.1. The average Bonchev–Trinajstić information content (AvgIpc) is 3.05. The molecule has 26 heavy (non-hydrogen) atoms. The molecule has 2 heterocycles. The zero-order valence-corrected chi connectivity index (χ0v) is 14.7. The van der Waals surface area contributed by atoms with Crippen molar-refractivity contribution in [2.24, 2.45) is 0 Å². The standard InChI is InChI=1S/C17H17N5O3S/c23-22(24)14-15(21-17-20-12-8-4-5-9-13(12)26-17)18-10-19-16(14)25-11-6-2-1-3-7-11/h4-5,8-11H,1-3,6-7H2,(H,18,19,20,21). The molecule has 4 rings (SSSR count). The molecule has 9 heteroatoms. The Morgan fingerprint density at radius 1 is 1.19 bits per heavy atom. The molecule has 134 valence electrons. The van der Waals surface area contributed by atoms with Gasteiger partial charge in [0.05, 0.1) is 15.1 Å². The maximum atomic E-state index is 11.6. The Morgan fingerprint density at radius 3 is 2.77 bits per heavy atom. The van der Waals surface area contributed by atoms with E-state index in [1.165, 1.54) is 24.1 Å². The summed E-state index contributed by atoms with van der Waals surface area (Å²) < 4.78 is 6.83. The van der Waals surface area contributed by atoms with Crippen LogP contribution >= 0.6 is 11.3 Å². The zero-order valence-electron chi connectivity index (χ0n) is 13.9. The van der Waals surface area contributed by atoms with Gasteiger partial charge in [0, 0.05) is 0 Å². The minimum absolute atomic E-state index is 0.0144. The maximum absolute atomic E-state index is 11.6. The number of rotatable bonds is 5. The first-order chi connectivity index (χ1) is 12.7. The Kier molecular flexibility index (Phi) is 4.61. The number of hydrogen-bond donors (Lipinski definition) is 1. The van der Waals surface area contributed by atoms with Gasteiger partial charge in [0.25, 0.3) is 5.88 Å². The number of nitro groups is 1. The molecule has 0 saturated heterocycles. The van der Waals surface area contributed by atoms with E-state index in [4.69, 9.17) is 4.74 Å². The van der Waals surface area contributed by atoms with Gasteiger partial charge in [-0.05, 0) is 37.8 Å². The van der Waals surface area contributed by atoms with Gasteiger partial charge in [0.2, 0.25) is 5.82 Å². The van der Waals surface area contributed by atoms with Gasteiger partial charge in [-0.25, -0.2) is 9.97 Å². The van der Waals surface area contributed by atoms with E-state index in [1.807, 2.05) is 24.3 Å². The van der Waals surface area contributed by atoms with Gasteiger partial charge in [-0.1, -0.05) is 29.9 Å². The first kappa shape index (κ1) is 16.6. The lowest BCUT2D eigenvalue weighted by Gasteiger charge is -2.22. The van der Waals surface area contributed by atoms with Gasteiger partial charge in [-0.15, -0.1) is 0 Å².